The van der Waals surface area contributed by atoms with E-state index in [-0.39, 0.29) is 11.6 Å². The fraction of sp³-hybridized carbons (Fsp3) is 0.200. The van der Waals surface area contributed by atoms with E-state index >= 15 is 0 Å². The molecule has 0 spiro atoms. The highest BCUT2D eigenvalue weighted by atomic mass is 79.9. The zero-order chi connectivity index (χ0) is 13.8. The number of ether oxygens (including phenoxy) is 1. The van der Waals surface area contributed by atoms with E-state index in [0.717, 1.165) is 11.3 Å². The molecule has 0 saturated carbocycles. The van der Waals surface area contributed by atoms with Crippen molar-refractivity contribution < 1.29 is 9.13 Å². The number of benzene rings is 2. The van der Waals surface area contributed by atoms with Crippen LogP contribution in [0.5, 0.6) is 11.5 Å². The van der Waals surface area contributed by atoms with Crippen LogP contribution >= 0.6 is 27.7 Å². The first-order chi connectivity index (χ1) is 9.10. The SMILES string of the molecule is CSCc1ccc(Oc2ccc(Br)cc2F)cc1C. The number of hydrogen-bond donors (Lipinski definition) is 0. The van der Waals surface area contributed by atoms with Crippen LogP contribution in [0.4, 0.5) is 4.39 Å². The Morgan fingerprint density at radius 1 is 1.21 bits per heavy atom. The van der Waals surface area contributed by atoms with E-state index in [9.17, 15) is 4.39 Å². The summed E-state index contributed by atoms with van der Waals surface area (Å²) < 4.78 is 20.0. The van der Waals surface area contributed by atoms with Crippen molar-refractivity contribution in [2.24, 2.45) is 0 Å². The molecule has 0 saturated heterocycles. The highest BCUT2D eigenvalue weighted by Gasteiger charge is 2.06. The van der Waals surface area contributed by atoms with E-state index in [2.05, 4.69) is 22.2 Å². The van der Waals surface area contributed by atoms with Crippen molar-refractivity contribution in [3.8, 4) is 11.5 Å². The predicted molar refractivity (Wildman–Crippen MR) is 82.6 cm³/mol. The predicted octanol–water partition coefficient (Wildman–Crippen LogP) is 5.55. The minimum absolute atomic E-state index is 0.236. The van der Waals surface area contributed by atoms with Gasteiger partial charge < -0.3 is 4.74 Å². The lowest BCUT2D eigenvalue weighted by Crippen LogP contribution is -1.91. The van der Waals surface area contributed by atoms with Crippen molar-refractivity contribution in [2.45, 2.75) is 12.7 Å². The van der Waals surface area contributed by atoms with Gasteiger partial charge in [-0.1, -0.05) is 22.0 Å². The number of thioether (sulfide) groups is 1. The molecule has 0 aromatic heterocycles. The Balaban J connectivity index is 2.21. The molecule has 0 unspecified atom stereocenters. The first-order valence-corrected chi connectivity index (χ1v) is 8.00. The lowest BCUT2D eigenvalue weighted by molar-refractivity contribution is 0.441. The monoisotopic (exact) mass is 340 g/mol. The molecule has 0 heterocycles. The summed E-state index contributed by atoms with van der Waals surface area (Å²) in [6.45, 7) is 2.04. The van der Waals surface area contributed by atoms with E-state index in [1.54, 1.807) is 23.9 Å². The molecular formula is C15H14BrFOS. The number of aryl methyl sites for hydroxylation is 1. The zero-order valence-electron chi connectivity index (χ0n) is 10.7. The van der Waals surface area contributed by atoms with E-state index in [1.165, 1.54) is 11.6 Å². The van der Waals surface area contributed by atoms with Crippen LogP contribution in [-0.4, -0.2) is 6.26 Å². The van der Waals surface area contributed by atoms with Crippen molar-refractivity contribution in [1.82, 2.24) is 0 Å². The van der Waals surface area contributed by atoms with Crippen LogP contribution in [0.1, 0.15) is 11.1 Å². The second-order valence-electron chi connectivity index (χ2n) is 4.20. The lowest BCUT2D eigenvalue weighted by Gasteiger charge is -2.10. The largest absolute Gasteiger partial charge is 0.454 e. The maximum absolute atomic E-state index is 13.7. The van der Waals surface area contributed by atoms with Gasteiger partial charge in [-0.2, -0.15) is 11.8 Å². The highest BCUT2D eigenvalue weighted by Crippen LogP contribution is 2.28. The van der Waals surface area contributed by atoms with Gasteiger partial charge in [0.25, 0.3) is 0 Å². The lowest BCUT2D eigenvalue weighted by atomic mass is 10.1. The van der Waals surface area contributed by atoms with Crippen LogP contribution in [0.15, 0.2) is 40.9 Å². The van der Waals surface area contributed by atoms with E-state index in [4.69, 9.17) is 4.74 Å². The van der Waals surface area contributed by atoms with Gasteiger partial charge in [0.2, 0.25) is 0 Å². The summed E-state index contributed by atoms with van der Waals surface area (Å²) in [5.41, 5.74) is 2.43. The van der Waals surface area contributed by atoms with Gasteiger partial charge in [0.15, 0.2) is 11.6 Å². The molecule has 0 atom stereocenters. The molecule has 0 fully saturated rings. The fourth-order valence-corrected chi connectivity index (χ4v) is 2.70. The molecule has 0 aliphatic rings. The molecule has 0 aliphatic carbocycles. The third-order valence-electron chi connectivity index (χ3n) is 2.74. The van der Waals surface area contributed by atoms with Gasteiger partial charge >= 0.3 is 0 Å². The minimum Gasteiger partial charge on any atom is -0.454 e. The van der Waals surface area contributed by atoms with Crippen LogP contribution < -0.4 is 4.74 Å². The Morgan fingerprint density at radius 3 is 2.63 bits per heavy atom. The van der Waals surface area contributed by atoms with Crippen molar-refractivity contribution in [3.05, 3.63) is 57.8 Å². The zero-order valence-corrected chi connectivity index (χ0v) is 13.1. The van der Waals surface area contributed by atoms with Crippen LogP contribution in [-0.2, 0) is 5.75 Å². The van der Waals surface area contributed by atoms with Gasteiger partial charge in [-0.15, -0.1) is 0 Å². The Hall–Kier alpha value is -1.00. The molecule has 4 heteroatoms. The fourth-order valence-electron chi connectivity index (χ4n) is 1.73. The average Bonchev–Trinajstić information content (AvgIpc) is 2.36. The number of halogens is 2. The molecule has 100 valence electrons. The molecule has 2 aromatic rings. The molecule has 0 bridgehead atoms. The highest BCUT2D eigenvalue weighted by molar-refractivity contribution is 9.10. The molecular weight excluding hydrogens is 327 g/mol. The van der Waals surface area contributed by atoms with E-state index in [1.807, 2.05) is 25.1 Å². The Bertz CT molecular complexity index is 586. The topological polar surface area (TPSA) is 9.23 Å². The third-order valence-corrected chi connectivity index (χ3v) is 3.83. The number of hydrogen-bond acceptors (Lipinski definition) is 2. The summed E-state index contributed by atoms with van der Waals surface area (Å²) in [5.74, 6) is 1.49. The molecule has 0 radical (unpaired) electrons. The van der Waals surface area contributed by atoms with Gasteiger partial charge in [0.1, 0.15) is 5.75 Å². The summed E-state index contributed by atoms with van der Waals surface area (Å²) in [6.07, 6.45) is 2.07. The van der Waals surface area contributed by atoms with Gasteiger partial charge in [-0.05, 0) is 54.6 Å². The maximum Gasteiger partial charge on any atom is 0.166 e. The van der Waals surface area contributed by atoms with E-state index < -0.39 is 0 Å². The molecule has 2 aromatic carbocycles. The van der Waals surface area contributed by atoms with Crippen LogP contribution in [0.25, 0.3) is 0 Å². The van der Waals surface area contributed by atoms with Crippen LogP contribution in [0.3, 0.4) is 0 Å². The van der Waals surface area contributed by atoms with Gasteiger partial charge in [0, 0.05) is 10.2 Å². The van der Waals surface area contributed by atoms with Gasteiger partial charge in [-0.25, -0.2) is 4.39 Å². The van der Waals surface area contributed by atoms with Gasteiger partial charge in [-0.3, -0.25) is 0 Å². The Morgan fingerprint density at radius 2 is 2.00 bits per heavy atom. The first kappa shape index (κ1) is 14.4. The van der Waals surface area contributed by atoms with Crippen molar-refractivity contribution >= 4 is 27.7 Å². The molecule has 0 aliphatic heterocycles. The molecule has 1 nitrogen and oxygen atoms in total. The van der Waals surface area contributed by atoms with Crippen molar-refractivity contribution in [1.29, 1.82) is 0 Å². The Kier molecular flexibility index (Phi) is 4.88. The smallest absolute Gasteiger partial charge is 0.166 e. The third kappa shape index (κ3) is 3.74. The maximum atomic E-state index is 13.7. The summed E-state index contributed by atoms with van der Waals surface area (Å²) in [5, 5.41) is 0. The summed E-state index contributed by atoms with van der Waals surface area (Å²) in [4.78, 5) is 0. The average molecular weight is 341 g/mol. The molecule has 0 N–H and O–H groups in total. The summed E-state index contributed by atoms with van der Waals surface area (Å²) >= 11 is 5.00. The van der Waals surface area contributed by atoms with Crippen LogP contribution in [0, 0.1) is 12.7 Å². The second kappa shape index (κ2) is 6.44. The molecule has 19 heavy (non-hydrogen) atoms. The normalized spacial score (nSPS) is 10.5. The second-order valence-corrected chi connectivity index (χ2v) is 5.98. The van der Waals surface area contributed by atoms with Crippen molar-refractivity contribution in [2.75, 3.05) is 6.26 Å². The van der Waals surface area contributed by atoms with Crippen LogP contribution in [0.2, 0.25) is 0 Å². The quantitative estimate of drug-likeness (QED) is 0.721. The van der Waals surface area contributed by atoms with E-state index in [0.29, 0.717) is 10.2 Å². The summed E-state index contributed by atoms with van der Waals surface area (Å²) in [7, 11) is 0. The minimum atomic E-state index is -0.375. The molecule has 0 amide bonds. The summed E-state index contributed by atoms with van der Waals surface area (Å²) in [6, 6.07) is 10.6. The number of rotatable bonds is 4. The Labute approximate surface area is 125 Å². The van der Waals surface area contributed by atoms with Crippen molar-refractivity contribution in [3.63, 3.8) is 0 Å². The molecule has 2 rings (SSSR count). The van der Waals surface area contributed by atoms with Gasteiger partial charge in [0.05, 0.1) is 0 Å². The standard InChI is InChI=1S/C15H14BrFOS/c1-10-7-13(5-3-11(10)9-19-2)18-15-6-4-12(16)8-14(15)17/h3-8H,9H2,1-2H3. The first-order valence-electron chi connectivity index (χ1n) is 5.81.